The Hall–Kier alpha value is -0.891. The third kappa shape index (κ3) is 19.6. The Morgan fingerprint density at radius 3 is 1.81 bits per heavy atom. The van der Waals surface area contributed by atoms with Crippen molar-refractivity contribution >= 4 is 110 Å². The third-order valence-electron chi connectivity index (χ3n) is 5.65. The number of halogens is 2. The predicted molar refractivity (Wildman–Crippen MR) is 174 cm³/mol. The number of hydrogen-bond acceptors (Lipinski definition) is 21. The molecule has 1 radical (unpaired) electrons. The molecule has 285 valence electrons. The van der Waals surface area contributed by atoms with Crippen LogP contribution in [0.25, 0.3) is 10.8 Å². The fourth-order valence-electron chi connectivity index (χ4n) is 3.74. The summed E-state index contributed by atoms with van der Waals surface area (Å²) in [4.78, 5) is 10.7. The Morgan fingerprint density at radius 2 is 1.26 bits per heavy atom. The average molecular weight is 990 g/mol. The molecule has 0 aliphatic heterocycles. The number of hydrogen-bond donors (Lipinski definition) is 4. The van der Waals surface area contributed by atoms with E-state index in [1.54, 1.807) is 0 Å². The second-order valence-corrected chi connectivity index (χ2v) is 13.3. The molecule has 0 unspecified atom stereocenters. The molecule has 0 saturated heterocycles. The van der Waals surface area contributed by atoms with Gasteiger partial charge in [-0.15, -0.1) is 36.7 Å². The van der Waals surface area contributed by atoms with Crippen molar-refractivity contribution in [3.05, 3.63) is 77.0 Å². The van der Waals surface area contributed by atoms with Crippen molar-refractivity contribution in [2.45, 2.75) is 9.79 Å². The molecule has 0 spiro atoms. The van der Waals surface area contributed by atoms with Crippen LogP contribution in [0.3, 0.4) is 0 Å². The van der Waals surface area contributed by atoms with Crippen LogP contribution in [0.4, 0.5) is 34.6 Å². The Bertz CT molecular complexity index is 2660. The summed E-state index contributed by atoms with van der Waals surface area (Å²) in [6.45, 7) is 0. The Morgan fingerprint density at radius 1 is 0.719 bits per heavy atom. The van der Waals surface area contributed by atoms with E-state index in [1.165, 1.54) is 30.3 Å². The van der Waals surface area contributed by atoms with Gasteiger partial charge in [0.05, 0.1) is 10.6 Å². The number of phenolic OH excluding ortho intramolecular Hbond substituents is 2. The summed E-state index contributed by atoms with van der Waals surface area (Å²) >= 11 is 11.9. The summed E-state index contributed by atoms with van der Waals surface area (Å²) in [5.41, 5.74) is -0.408. The number of phenols is 2. The van der Waals surface area contributed by atoms with Gasteiger partial charge in [0.2, 0.25) is 17.2 Å². The molecule has 1 aromatic heterocycles. The molecule has 0 aliphatic rings. The molecule has 0 amide bonds. The molecule has 1 heterocycles. The summed E-state index contributed by atoms with van der Waals surface area (Å²) in [6.07, 6.45) is 0. The summed E-state index contributed by atoms with van der Waals surface area (Å²) in [5.74, 6) is -1.49. The van der Waals surface area contributed by atoms with Crippen LogP contribution in [0.1, 0.15) is 0 Å². The molecule has 0 saturated carbocycles. The van der Waals surface area contributed by atoms with E-state index in [2.05, 4.69) is 47.9 Å². The fraction of sp³-hybridized carbons (Fsp3) is 0. The predicted octanol–water partition coefficient (Wildman–Crippen LogP) is -8.94. The maximum atomic E-state index is 11.9. The first-order valence-corrected chi connectivity index (χ1v) is 18.3. The minimum atomic E-state index is -5.00. The quantitative estimate of drug-likeness (QED) is 0.0485. The van der Waals surface area contributed by atoms with Crippen LogP contribution in [-0.2, 0) is 58.5 Å². The van der Waals surface area contributed by atoms with Crippen molar-refractivity contribution in [2.75, 3.05) is 10.6 Å². The number of aromatic hydroxyl groups is 2. The smallest absolute Gasteiger partial charge is 0.744 e. The van der Waals surface area contributed by atoms with Gasteiger partial charge in [0.25, 0.3) is 0 Å². The van der Waals surface area contributed by atoms with Gasteiger partial charge in [-0.2, -0.15) is 55.9 Å². The minimum Gasteiger partial charge on any atom is -0.744 e. The van der Waals surface area contributed by atoms with Crippen molar-refractivity contribution < 1.29 is 197 Å². The van der Waals surface area contributed by atoms with Crippen LogP contribution in [-0.4, -0.2) is 76.4 Å². The molecule has 0 atom stereocenters. The number of benzene rings is 4. The number of nitrogens with one attached hydrogen (secondary N) is 2. The van der Waals surface area contributed by atoms with Gasteiger partial charge in [0.15, 0.2) is 0 Å². The van der Waals surface area contributed by atoms with Gasteiger partial charge < -0.3 is 30.0 Å². The first-order valence-electron chi connectivity index (χ1n) is 12.7. The van der Waals surface area contributed by atoms with E-state index < -0.39 is 57.0 Å². The van der Waals surface area contributed by atoms with E-state index in [0.717, 1.165) is 24.3 Å². The molecule has 5 aromatic rings. The topological polar surface area (TPSA) is 345 Å². The van der Waals surface area contributed by atoms with Crippen molar-refractivity contribution in [2.24, 2.45) is 10.2 Å². The normalized spacial score (nSPS) is 10.2. The first-order chi connectivity index (χ1) is 24.1. The molecule has 21 nitrogen and oxygen atoms in total. The van der Waals surface area contributed by atoms with Gasteiger partial charge in [0, 0.05) is 50.5 Å². The standard InChI is InChI=1S/C25H15Cl2N7O8S2.Cu.4Na.2O3S/c26-16-5-2-6-17(21(16)35)33-34-18-8-7-12-9-15(44(40,41)42)11-19(20(12)22(18)36)29-25-31-23(27)30-24(32-25)28-13-3-1-4-14(10-13)43(37,38)39;;;;;;2*1-4(2)3/h1,3-7,9-11,35-36H,(H,37,38,39)(H,40,41,42)(H2,28,29,30,31,32);;;;;;;/q-2;;4*+1;;/p-2. The Balaban J connectivity index is -0.00000205. The molecule has 4 N–H and O–H groups in total. The molecule has 0 aliphatic carbocycles. The zero-order valence-corrected chi connectivity index (χ0v) is 42.6. The van der Waals surface area contributed by atoms with Gasteiger partial charge >= 0.3 is 139 Å². The van der Waals surface area contributed by atoms with E-state index in [4.69, 9.17) is 48.5 Å². The van der Waals surface area contributed by atoms with Crippen LogP contribution < -0.4 is 129 Å². The largest absolute Gasteiger partial charge is 1.00 e. The van der Waals surface area contributed by atoms with Crippen LogP contribution in [0.5, 0.6) is 11.5 Å². The van der Waals surface area contributed by atoms with Crippen LogP contribution in [0, 0.1) is 12.1 Å². The molecule has 5 rings (SSSR count). The minimum absolute atomic E-state index is 0. The van der Waals surface area contributed by atoms with Gasteiger partial charge in [-0.05, 0) is 40.9 Å². The Kier molecular flexibility index (Phi) is 28.8. The molecule has 4 aromatic carbocycles. The summed E-state index contributed by atoms with van der Waals surface area (Å²) in [6, 6.07) is 15.9. The first kappa shape index (κ1) is 60.4. The summed E-state index contributed by atoms with van der Waals surface area (Å²) in [7, 11) is -16.0. The van der Waals surface area contributed by atoms with E-state index >= 15 is 0 Å². The van der Waals surface area contributed by atoms with E-state index in [0.29, 0.717) is 0 Å². The number of fused-ring (bicyclic) bond motifs is 1. The number of nitrogens with zero attached hydrogens (tertiary/aromatic N) is 5. The fourth-order valence-corrected chi connectivity index (χ4v) is 5.11. The Labute approximate surface area is 434 Å². The zero-order valence-electron chi connectivity index (χ0n) is 28.9. The van der Waals surface area contributed by atoms with Gasteiger partial charge in [-0.1, -0.05) is 17.5 Å². The van der Waals surface area contributed by atoms with Crippen molar-refractivity contribution in [3.63, 3.8) is 0 Å². The van der Waals surface area contributed by atoms with Crippen LogP contribution in [0.15, 0.2) is 74.6 Å². The number of rotatable bonds is 8. The monoisotopic (exact) mass is 988 g/mol. The van der Waals surface area contributed by atoms with E-state index in [-0.39, 0.29) is 197 Å². The van der Waals surface area contributed by atoms with Crippen molar-refractivity contribution in [1.29, 1.82) is 0 Å². The van der Waals surface area contributed by atoms with Crippen LogP contribution in [0.2, 0.25) is 10.3 Å². The number of azo groups is 1. The SMILES string of the molecule is O=S(=O)([O-])c1cccc(Nc2nc(Cl)nc(Nc3cc(S(=O)(=O)[O-])cc4c[c-]c(N=Nc5c[c-]cc(Cl)c5O)c(O)c34)n2)c1.O=S(=O)=O.O=S(=O)=O.[Cu].[Na+].[Na+].[Na+].[Na+]. The van der Waals surface area contributed by atoms with Gasteiger partial charge in [-0.3, -0.25) is 0 Å². The molecule has 57 heavy (non-hydrogen) atoms. The average Bonchev–Trinajstić information content (AvgIpc) is 3.01. The number of aromatic nitrogens is 3. The van der Waals surface area contributed by atoms with Crippen LogP contribution >= 0.6 is 23.2 Å². The molecular weight excluding hydrogens is 977 g/mol. The summed E-state index contributed by atoms with van der Waals surface area (Å²) < 4.78 is 120. The summed E-state index contributed by atoms with van der Waals surface area (Å²) in [5, 5.41) is 33.8. The number of anilines is 4. The molecular formula is C25H13Cl2CuN7Na4O14S4. The maximum absolute atomic E-state index is 11.9. The van der Waals surface area contributed by atoms with E-state index in [9.17, 15) is 36.2 Å². The maximum Gasteiger partial charge on any atom is 1.00 e. The molecule has 0 bridgehead atoms. The zero-order chi connectivity index (χ0) is 39.0. The third-order valence-corrected chi connectivity index (χ3v) is 7.75. The molecule has 32 heteroatoms. The second kappa shape index (κ2) is 27.1. The van der Waals surface area contributed by atoms with Crippen molar-refractivity contribution in [1.82, 2.24) is 15.0 Å². The second-order valence-electron chi connectivity index (χ2n) is 9.00. The van der Waals surface area contributed by atoms with Gasteiger partial charge in [0.1, 0.15) is 20.2 Å². The van der Waals surface area contributed by atoms with Crippen molar-refractivity contribution in [3.8, 4) is 11.5 Å². The molecule has 0 fully saturated rings. The van der Waals surface area contributed by atoms with Gasteiger partial charge in [-0.25, -0.2) is 21.9 Å². The van der Waals surface area contributed by atoms with E-state index in [1.807, 2.05) is 0 Å².